The normalized spacial score (nSPS) is 19.0. The fraction of sp³-hybridized carbons (Fsp3) is 0.455. The lowest BCUT2D eigenvalue weighted by atomic mass is 10.1. The summed E-state index contributed by atoms with van der Waals surface area (Å²) in [4.78, 5) is 0. The van der Waals surface area contributed by atoms with Crippen molar-refractivity contribution in [1.82, 2.24) is 0 Å². The van der Waals surface area contributed by atoms with Crippen LogP contribution in [0.2, 0.25) is 0 Å². The topological polar surface area (TPSA) is 24.1 Å². The van der Waals surface area contributed by atoms with Crippen molar-refractivity contribution in [2.24, 2.45) is 0 Å². The molecule has 0 saturated carbocycles. The molecule has 0 amide bonds. The predicted molar refractivity (Wildman–Crippen MR) is 57.2 cm³/mol. The van der Waals surface area contributed by atoms with Gasteiger partial charge in [0.05, 0.1) is 11.4 Å². The zero-order valence-corrected chi connectivity index (χ0v) is 8.61. The van der Waals surface area contributed by atoms with Gasteiger partial charge >= 0.3 is 0 Å². The van der Waals surface area contributed by atoms with E-state index in [4.69, 9.17) is 0 Å². The second-order valence-corrected chi connectivity index (χ2v) is 3.79. The Morgan fingerprint density at radius 2 is 2.20 bits per heavy atom. The van der Waals surface area contributed by atoms with Gasteiger partial charge in [0.15, 0.2) is 11.6 Å². The van der Waals surface area contributed by atoms with Gasteiger partial charge in [0.25, 0.3) is 0 Å². The van der Waals surface area contributed by atoms with E-state index >= 15 is 0 Å². The van der Waals surface area contributed by atoms with Crippen molar-refractivity contribution in [3.63, 3.8) is 0 Å². The molecule has 0 spiro atoms. The van der Waals surface area contributed by atoms with E-state index in [1.54, 1.807) is 6.07 Å². The predicted octanol–water partition coefficient (Wildman–Crippen LogP) is 2.97. The first-order valence-corrected chi connectivity index (χ1v) is 5.20. The molecule has 1 heterocycles. The highest BCUT2D eigenvalue weighted by atomic mass is 19.2. The van der Waals surface area contributed by atoms with Crippen molar-refractivity contribution in [2.45, 2.75) is 25.8 Å². The summed E-state index contributed by atoms with van der Waals surface area (Å²) in [5.41, 5.74) is 0.904. The second kappa shape index (κ2) is 4.04. The summed E-state index contributed by atoms with van der Waals surface area (Å²) in [6, 6.07) is 2.88. The largest absolute Gasteiger partial charge is 0.381 e. The first-order valence-electron chi connectivity index (χ1n) is 5.20. The third kappa shape index (κ3) is 1.89. The number of hydrogen-bond donors (Lipinski definition) is 2. The van der Waals surface area contributed by atoms with Gasteiger partial charge in [0.2, 0.25) is 0 Å². The Kier molecular flexibility index (Phi) is 2.75. The maximum absolute atomic E-state index is 13.4. The first-order chi connectivity index (χ1) is 7.22. The monoisotopic (exact) mass is 212 g/mol. The third-order valence-corrected chi connectivity index (χ3v) is 2.62. The minimum atomic E-state index is -0.805. The van der Waals surface area contributed by atoms with E-state index in [0.29, 0.717) is 5.69 Å². The molecule has 82 valence electrons. The van der Waals surface area contributed by atoms with Crippen molar-refractivity contribution in [3.8, 4) is 0 Å². The van der Waals surface area contributed by atoms with Crippen LogP contribution in [0, 0.1) is 11.6 Å². The SMILES string of the molecule is CCCC1CNc2ccc(F)c(F)c2N1. The lowest BCUT2D eigenvalue weighted by Crippen LogP contribution is -2.33. The molecule has 1 aliphatic rings. The van der Waals surface area contributed by atoms with Crippen LogP contribution in [0.5, 0.6) is 0 Å². The molecule has 1 aliphatic heterocycles. The molecule has 0 saturated heterocycles. The Hall–Kier alpha value is -1.32. The molecule has 0 radical (unpaired) electrons. The maximum atomic E-state index is 13.4. The Balaban J connectivity index is 2.27. The zero-order chi connectivity index (χ0) is 10.8. The van der Waals surface area contributed by atoms with E-state index in [1.807, 2.05) is 0 Å². The van der Waals surface area contributed by atoms with Crippen LogP contribution in [0.1, 0.15) is 19.8 Å². The van der Waals surface area contributed by atoms with Crippen molar-refractivity contribution in [3.05, 3.63) is 23.8 Å². The lowest BCUT2D eigenvalue weighted by molar-refractivity contribution is 0.507. The van der Waals surface area contributed by atoms with Crippen LogP contribution in [0.15, 0.2) is 12.1 Å². The van der Waals surface area contributed by atoms with E-state index < -0.39 is 11.6 Å². The molecular weight excluding hydrogens is 198 g/mol. The standard InChI is InChI=1S/C11H14F2N2/c1-2-3-7-6-14-9-5-4-8(12)10(13)11(9)15-7/h4-5,7,14-15H,2-3,6H2,1H3. The molecule has 1 atom stereocenters. The van der Waals surface area contributed by atoms with Crippen LogP contribution < -0.4 is 10.6 Å². The number of rotatable bonds is 2. The molecule has 1 aromatic rings. The average molecular weight is 212 g/mol. The minimum Gasteiger partial charge on any atom is -0.381 e. The fourth-order valence-electron chi connectivity index (χ4n) is 1.85. The number of nitrogens with one attached hydrogen (secondary N) is 2. The number of benzene rings is 1. The summed E-state index contributed by atoms with van der Waals surface area (Å²) < 4.78 is 26.4. The molecule has 0 aromatic heterocycles. The number of hydrogen-bond acceptors (Lipinski definition) is 2. The van der Waals surface area contributed by atoms with Crippen LogP contribution in [0.4, 0.5) is 20.2 Å². The molecule has 2 rings (SSSR count). The van der Waals surface area contributed by atoms with Crippen molar-refractivity contribution < 1.29 is 8.78 Å². The Morgan fingerprint density at radius 1 is 1.40 bits per heavy atom. The van der Waals surface area contributed by atoms with Crippen LogP contribution in [-0.2, 0) is 0 Å². The molecule has 4 heteroatoms. The van der Waals surface area contributed by atoms with Gasteiger partial charge in [0.1, 0.15) is 0 Å². The summed E-state index contributed by atoms with van der Waals surface area (Å²) in [7, 11) is 0. The highest BCUT2D eigenvalue weighted by molar-refractivity contribution is 5.72. The van der Waals surface area contributed by atoms with Gasteiger partial charge in [-0.3, -0.25) is 0 Å². The number of fused-ring (bicyclic) bond motifs is 1. The fourth-order valence-corrected chi connectivity index (χ4v) is 1.85. The Labute approximate surface area is 87.7 Å². The smallest absolute Gasteiger partial charge is 0.183 e. The molecule has 0 bridgehead atoms. The molecule has 2 nitrogen and oxygen atoms in total. The highest BCUT2D eigenvalue weighted by Crippen LogP contribution is 2.31. The van der Waals surface area contributed by atoms with E-state index in [-0.39, 0.29) is 11.7 Å². The van der Waals surface area contributed by atoms with Gasteiger partial charge in [-0.1, -0.05) is 13.3 Å². The van der Waals surface area contributed by atoms with Gasteiger partial charge in [-0.05, 0) is 18.6 Å². The van der Waals surface area contributed by atoms with Crippen molar-refractivity contribution >= 4 is 11.4 Å². The van der Waals surface area contributed by atoms with Gasteiger partial charge < -0.3 is 10.6 Å². The summed E-state index contributed by atoms with van der Waals surface area (Å²) in [5.74, 6) is -1.60. The van der Waals surface area contributed by atoms with E-state index in [1.165, 1.54) is 0 Å². The van der Waals surface area contributed by atoms with Crippen molar-refractivity contribution in [2.75, 3.05) is 17.2 Å². The van der Waals surface area contributed by atoms with E-state index in [0.717, 1.165) is 25.5 Å². The molecular formula is C11H14F2N2. The summed E-state index contributed by atoms with van der Waals surface area (Å²) in [5, 5.41) is 6.13. The Bertz CT molecular complexity index is 366. The van der Waals surface area contributed by atoms with Gasteiger partial charge in [-0.25, -0.2) is 8.78 Å². The summed E-state index contributed by atoms with van der Waals surface area (Å²) in [6.07, 6.45) is 1.97. The molecule has 0 fully saturated rings. The first kappa shape index (κ1) is 10.2. The lowest BCUT2D eigenvalue weighted by Gasteiger charge is -2.28. The van der Waals surface area contributed by atoms with Crippen LogP contribution in [-0.4, -0.2) is 12.6 Å². The van der Waals surface area contributed by atoms with Crippen LogP contribution >= 0.6 is 0 Å². The van der Waals surface area contributed by atoms with Gasteiger partial charge in [-0.2, -0.15) is 0 Å². The minimum absolute atomic E-state index is 0.179. The number of anilines is 2. The summed E-state index contributed by atoms with van der Waals surface area (Å²) >= 11 is 0. The highest BCUT2D eigenvalue weighted by Gasteiger charge is 2.21. The Morgan fingerprint density at radius 3 is 2.93 bits per heavy atom. The average Bonchev–Trinajstić information content (AvgIpc) is 2.25. The molecule has 0 aliphatic carbocycles. The van der Waals surface area contributed by atoms with Gasteiger partial charge in [-0.15, -0.1) is 0 Å². The third-order valence-electron chi connectivity index (χ3n) is 2.62. The zero-order valence-electron chi connectivity index (χ0n) is 8.61. The van der Waals surface area contributed by atoms with Crippen LogP contribution in [0.3, 0.4) is 0 Å². The molecule has 2 N–H and O–H groups in total. The quantitative estimate of drug-likeness (QED) is 0.787. The van der Waals surface area contributed by atoms with Crippen molar-refractivity contribution in [1.29, 1.82) is 0 Å². The molecule has 1 unspecified atom stereocenters. The van der Waals surface area contributed by atoms with Crippen LogP contribution in [0.25, 0.3) is 0 Å². The van der Waals surface area contributed by atoms with E-state index in [2.05, 4.69) is 17.6 Å². The molecule has 1 aromatic carbocycles. The van der Waals surface area contributed by atoms with E-state index in [9.17, 15) is 8.78 Å². The summed E-state index contributed by atoms with van der Waals surface area (Å²) in [6.45, 7) is 2.82. The van der Waals surface area contributed by atoms with Gasteiger partial charge in [0, 0.05) is 12.6 Å². The molecule has 15 heavy (non-hydrogen) atoms. The second-order valence-electron chi connectivity index (χ2n) is 3.79. The number of halogens is 2. The maximum Gasteiger partial charge on any atom is 0.183 e.